The van der Waals surface area contributed by atoms with Crippen molar-refractivity contribution in [3.05, 3.63) is 47.0 Å². The lowest BCUT2D eigenvalue weighted by molar-refractivity contribution is 0.695. The molecule has 0 bridgehead atoms. The van der Waals surface area contributed by atoms with Crippen LogP contribution in [-0.4, -0.2) is 33.8 Å². The molecule has 1 aromatic heterocycles. The molecule has 2 aromatic rings. The van der Waals surface area contributed by atoms with E-state index in [1.165, 1.54) is 11.1 Å². The molecule has 24 heavy (non-hydrogen) atoms. The normalized spacial score (nSPS) is 13.0. The first-order chi connectivity index (χ1) is 11.5. The first kappa shape index (κ1) is 18.0. The summed E-state index contributed by atoms with van der Waals surface area (Å²) in [7, 11) is 1.96. The maximum Gasteiger partial charge on any atom is 0.191 e. The van der Waals surface area contributed by atoms with Crippen LogP contribution in [0.4, 0.5) is 0 Å². The van der Waals surface area contributed by atoms with Crippen LogP contribution in [0.1, 0.15) is 42.5 Å². The van der Waals surface area contributed by atoms with Crippen LogP contribution >= 0.6 is 0 Å². The molecule has 6 nitrogen and oxygen atoms in total. The summed E-state index contributed by atoms with van der Waals surface area (Å²) in [5.41, 5.74) is 2.61. The van der Waals surface area contributed by atoms with Crippen LogP contribution in [0, 0.1) is 13.8 Å². The van der Waals surface area contributed by atoms with Gasteiger partial charge < -0.3 is 15.2 Å². The van der Waals surface area contributed by atoms with Gasteiger partial charge in [0.05, 0.1) is 0 Å². The molecule has 0 amide bonds. The monoisotopic (exact) mass is 328 g/mol. The van der Waals surface area contributed by atoms with Crippen molar-refractivity contribution < 1.29 is 0 Å². The Morgan fingerprint density at radius 1 is 1.17 bits per heavy atom. The second-order valence-electron chi connectivity index (χ2n) is 6.11. The Labute approximate surface area is 144 Å². The van der Waals surface area contributed by atoms with E-state index in [4.69, 9.17) is 0 Å². The summed E-state index contributed by atoms with van der Waals surface area (Å²) in [4.78, 5) is 4.61. The summed E-state index contributed by atoms with van der Waals surface area (Å²) < 4.78 is 1.96. The number of aromatic nitrogens is 3. The van der Waals surface area contributed by atoms with Gasteiger partial charge in [0.1, 0.15) is 12.4 Å². The fraction of sp³-hybridized carbons (Fsp3) is 0.500. The molecule has 1 atom stereocenters. The molecular formula is C18H28N6. The number of nitrogens with zero attached hydrogens (tertiary/aromatic N) is 4. The number of guanidine groups is 1. The summed E-state index contributed by atoms with van der Waals surface area (Å²) in [5, 5.41) is 14.9. The Morgan fingerprint density at radius 3 is 2.46 bits per heavy atom. The third-order valence-electron chi connectivity index (χ3n) is 4.13. The van der Waals surface area contributed by atoms with Crippen LogP contribution in [0.25, 0.3) is 0 Å². The van der Waals surface area contributed by atoms with Crippen LogP contribution in [0.2, 0.25) is 0 Å². The smallest absolute Gasteiger partial charge is 0.191 e. The van der Waals surface area contributed by atoms with E-state index in [-0.39, 0.29) is 0 Å². The van der Waals surface area contributed by atoms with Crippen molar-refractivity contribution in [3.8, 4) is 0 Å². The van der Waals surface area contributed by atoms with E-state index in [2.05, 4.69) is 70.9 Å². The number of hydrogen-bond donors (Lipinski definition) is 2. The van der Waals surface area contributed by atoms with Crippen molar-refractivity contribution in [1.29, 1.82) is 0 Å². The van der Waals surface area contributed by atoms with Crippen molar-refractivity contribution in [2.24, 2.45) is 12.0 Å². The van der Waals surface area contributed by atoms with Crippen molar-refractivity contribution in [3.63, 3.8) is 0 Å². The molecule has 1 unspecified atom stereocenters. The highest BCUT2D eigenvalue weighted by molar-refractivity contribution is 5.79. The van der Waals surface area contributed by atoms with Gasteiger partial charge in [0, 0.05) is 20.1 Å². The van der Waals surface area contributed by atoms with E-state index in [0.717, 1.165) is 30.7 Å². The summed E-state index contributed by atoms with van der Waals surface area (Å²) in [6.07, 6.45) is 0. The van der Waals surface area contributed by atoms with Crippen LogP contribution in [0.3, 0.4) is 0 Å². The van der Waals surface area contributed by atoms with Gasteiger partial charge >= 0.3 is 0 Å². The van der Waals surface area contributed by atoms with Crippen LogP contribution in [0.15, 0.2) is 29.3 Å². The quantitative estimate of drug-likeness (QED) is 0.631. The Bertz CT molecular complexity index is 671. The summed E-state index contributed by atoms with van der Waals surface area (Å²) in [5.74, 6) is 2.96. The van der Waals surface area contributed by atoms with E-state index in [0.29, 0.717) is 12.5 Å². The Balaban J connectivity index is 1.96. The number of rotatable bonds is 6. The van der Waals surface area contributed by atoms with Gasteiger partial charge in [-0.1, -0.05) is 36.8 Å². The van der Waals surface area contributed by atoms with Crippen LogP contribution < -0.4 is 10.6 Å². The second kappa shape index (κ2) is 8.47. The number of aryl methyl sites for hydroxylation is 2. The molecule has 0 spiro atoms. The molecule has 0 aliphatic carbocycles. The average molecular weight is 328 g/mol. The predicted octanol–water partition coefficient (Wildman–Crippen LogP) is 2.29. The molecule has 2 N–H and O–H groups in total. The van der Waals surface area contributed by atoms with Gasteiger partial charge in [-0.15, -0.1) is 10.2 Å². The molecular weight excluding hydrogens is 300 g/mol. The molecule has 2 rings (SSSR count). The van der Waals surface area contributed by atoms with Gasteiger partial charge in [-0.3, -0.25) is 0 Å². The van der Waals surface area contributed by atoms with Crippen LogP contribution in [0.5, 0.6) is 0 Å². The summed E-state index contributed by atoms with van der Waals surface area (Å²) in [6.45, 7) is 10.5. The maximum atomic E-state index is 4.61. The Morgan fingerprint density at radius 2 is 1.88 bits per heavy atom. The van der Waals surface area contributed by atoms with Crippen molar-refractivity contribution in [2.75, 3.05) is 13.1 Å². The lowest BCUT2D eigenvalue weighted by Gasteiger charge is -2.16. The van der Waals surface area contributed by atoms with Crippen molar-refractivity contribution in [1.82, 2.24) is 25.4 Å². The minimum absolute atomic E-state index is 0.409. The summed E-state index contributed by atoms with van der Waals surface area (Å²) >= 11 is 0. The summed E-state index contributed by atoms with van der Waals surface area (Å²) in [6, 6.07) is 8.69. The molecule has 1 heterocycles. The highest BCUT2D eigenvalue weighted by atomic mass is 15.3. The molecule has 0 saturated carbocycles. The standard InChI is InChI=1S/C18H28N6/c1-6-19-18(21-12-17-23-22-15(4)24(17)5)20-11-14(3)16-9-7-13(2)8-10-16/h7-10,14H,6,11-12H2,1-5H3,(H2,19,20,21). The van der Waals surface area contributed by atoms with E-state index in [9.17, 15) is 0 Å². The first-order valence-corrected chi connectivity index (χ1v) is 8.44. The third-order valence-corrected chi connectivity index (χ3v) is 4.13. The largest absolute Gasteiger partial charge is 0.357 e. The highest BCUT2D eigenvalue weighted by Crippen LogP contribution is 2.14. The zero-order valence-electron chi connectivity index (χ0n) is 15.3. The second-order valence-corrected chi connectivity index (χ2v) is 6.11. The van der Waals surface area contributed by atoms with Gasteiger partial charge in [-0.2, -0.15) is 0 Å². The Kier molecular flexibility index (Phi) is 6.35. The maximum absolute atomic E-state index is 4.61. The lowest BCUT2D eigenvalue weighted by Crippen LogP contribution is -2.39. The molecule has 0 radical (unpaired) electrons. The highest BCUT2D eigenvalue weighted by Gasteiger charge is 2.08. The lowest BCUT2D eigenvalue weighted by atomic mass is 10.0. The number of nitrogens with one attached hydrogen (secondary N) is 2. The van der Waals surface area contributed by atoms with Gasteiger partial charge in [0.25, 0.3) is 0 Å². The first-order valence-electron chi connectivity index (χ1n) is 8.44. The topological polar surface area (TPSA) is 67.1 Å². The Hall–Kier alpha value is -2.37. The van der Waals surface area contributed by atoms with Gasteiger partial charge in [0.15, 0.2) is 11.8 Å². The molecule has 1 aromatic carbocycles. The zero-order valence-corrected chi connectivity index (χ0v) is 15.3. The fourth-order valence-corrected chi connectivity index (χ4v) is 2.34. The van der Waals surface area contributed by atoms with Crippen molar-refractivity contribution in [2.45, 2.75) is 40.2 Å². The van der Waals surface area contributed by atoms with E-state index >= 15 is 0 Å². The SMILES string of the molecule is CCNC(=NCc1nnc(C)n1C)NCC(C)c1ccc(C)cc1. The third kappa shape index (κ3) is 4.81. The molecule has 0 fully saturated rings. The fourth-order valence-electron chi connectivity index (χ4n) is 2.34. The van der Waals surface area contributed by atoms with E-state index in [1.807, 2.05) is 18.5 Å². The van der Waals surface area contributed by atoms with Gasteiger partial charge in [0.2, 0.25) is 0 Å². The van der Waals surface area contributed by atoms with E-state index in [1.54, 1.807) is 0 Å². The van der Waals surface area contributed by atoms with Crippen molar-refractivity contribution >= 4 is 5.96 Å². The molecule has 0 aliphatic rings. The van der Waals surface area contributed by atoms with Gasteiger partial charge in [-0.25, -0.2) is 4.99 Å². The molecule has 6 heteroatoms. The van der Waals surface area contributed by atoms with Gasteiger partial charge in [-0.05, 0) is 32.3 Å². The zero-order chi connectivity index (χ0) is 17.5. The predicted molar refractivity (Wildman–Crippen MR) is 98.2 cm³/mol. The minimum Gasteiger partial charge on any atom is -0.357 e. The number of hydrogen-bond acceptors (Lipinski definition) is 3. The number of benzene rings is 1. The molecule has 0 saturated heterocycles. The minimum atomic E-state index is 0.409. The molecule has 130 valence electrons. The number of aliphatic imine (C=N–C) groups is 1. The van der Waals surface area contributed by atoms with E-state index < -0.39 is 0 Å². The molecule has 0 aliphatic heterocycles. The average Bonchev–Trinajstić information content (AvgIpc) is 2.89. The van der Waals surface area contributed by atoms with Crippen LogP contribution in [-0.2, 0) is 13.6 Å².